The number of allylic oxidation sites excluding steroid dienone is 2. The molecule has 4 heterocycles. The molecule has 0 aromatic heterocycles. The summed E-state index contributed by atoms with van der Waals surface area (Å²) in [6, 6.07) is 0. The number of rotatable bonds is 4. The Bertz CT molecular complexity index is 1010. The zero-order valence-corrected chi connectivity index (χ0v) is 28.5. The van der Waals surface area contributed by atoms with Crippen molar-refractivity contribution in [3.63, 3.8) is 0 Å². The van der Waals surface area contributed by atoms with Crippen LogP contribution in [0.1, 0.15) is 104 Å². The van der Waals surface area contributed by atoms with E-state index in [1.54, 1.807) is 0 Å². The number of fused-ring (bicyclic) bond motifs is 19. The van der Waals surface area contributed by atoms with Gasteiger partial charge in [-0.25, -0.2) is 0 Å². The minimum absolute atomic E-state index is 0.0474. The maximum Gasteiger partial charge on any atom is 0.306 e. The Hall–Kier alpha value is -2.17. The standard InChI is InChI=1S/C34H56O14/c1-21-17-15-13-11-9-7-5-4-6-8-10-12-14-16-18-26(37)47-32-28(39)27(38)24(19-42-22(2)35)45-34(32)48-33-30(41)29(40)31(44-21)25(46-33)20-43-23(3)36/h4-5,21,24-25,27-34,38-41H,6-20H2,1-3H3/b5-4-/t21?,24-,25-,27-,28+,29-,30-,31-,32-,33+,34+/m1/s1. The third-order valence-electron chi connectivity index (χ3n) is 8.76. The molecule has 14 heteroatoms. The van der Waals surface area contributed by atoms with Gasteiger partial charge in [-0.2, -0.15) is 0 Å². The Labute approximate surface area is 283 Å². The van der Waals surface area contributed by atoms with Crippen LogP contribution in [0.5, 0.6) is 0 Å². The summed E-state index contributed by atoms with van der Waals surface area (Å²) >= 11 is 0. The lowest BCUT2D eigenvalue weighted by atomic mass is 9.97. The fourth-order valence-corrected chi connectivity index (χ4v) is 6.02. The lowest BCUT2D eigenvalue weighted by Gasteiger charge is -2.46. The molecule has 48 heavy (non-hydrogen) atoms. The van der Waals surface area contributed by atoms with Crippen LogP contribution in [0.4, 0.5) is 0 Å². The molecule has 0 aromatic rings. The topological polar surface area (TPSA) is 197 Å². The maximum absolute atomic E-state index is 12.9. The highest BCUT2D eigenvalue weighted by Crippen LogP contribution is 2.32. The molecule has 4 aliphatic rings. The van der Waals surface area contributed by atoms with Gasteiger partial charge in [-0.05, 0) is 45.4 Å². The minimum atomic E-state index is -1.73. The van der Waals surface area contributed by atoms with Gasteiger partial charge in [0.2, 0.25) is 6.29 Å². The molecular weight excluding hydrogens is 632 g/mol. The molecular formula is C34H56O14. The maximum atomic E-state index is 12.9. The average molecular weight is 689 g/mol. The highest BCUT2D eigenvalue weighted by atomic mass is 16.8. The van der Waals surface area contributed by atoms with Crippen molar-refractivity contribution in [2.24, 2.45) is 0 Å². The molecule has 4 N–H and O–H groups in total. The van der Waals surface area contributed by atoms with Crippen molar-refractivity contribution in [1.29, 1.82) is 0 Å². The highest BCUT2D eigenvalue weighted by molar-refractivity contribution is 5.69. The van der Waals surface area contributed by atoms with E-state index < -0.39 is 85.9 Å². The average Bonchev–Trinajstić information content (AvgIpc) is 3.04. The van der Waals surface area contributed by atoms with E-state index >= 15 is 0 Å². The van der Waals surface area contributed by atoms with Gasteiger partial charge in [0.05, 0.1) is 6.10 Å². The summed E-state index contributed by atoms with van der Waals surface area (Å²) in [4.78, 5) is 36.0. The third kappa shape index (κ3) is 13.3. The van der Waals surface area contributed by atoms with Crippen molar-refractivity contribution in [1.82, 2.24) is 0 Å². The molecule has 11 atom stereocenters. The first-order valence-electron chi connectivity index (χ1n) is 17.4. The number of aliphatic hydroxyl groups is 4. The molecule has 0 aromatic carbocycles. The third-order valence-corrected chi connectivity index (χ3v) is 8.76. The number of hydrogen-bond donors (Lipinski definition) is 4. The molecule has 1 unspecified atom stereocenters. The second-order valence-corrected chi connectivity index (χ2v) is 12.9. The summed E-state index contributed by atoms with van der Waals surface area (Å²) in [5, 5.41) is 44.1. The summed E-state index contributed by atoms with van der Waals surface area (Å²) in [5.74, 6) is -1.92. The number of hydrogen-bond acceptors (Lipinski definition) is 14. The van der Waals surface area contributed by atoms with Crippen LogP contribution in [0, 0.1) is 0 Å². The SMILES string of the molecule is CC(=O)OC[C@H]1O[C@H]2O[C@@H]3O[C@H](COC(C)=O)[C@@H](OC(C)CCCCCC/C=C\CCCCCCCC(=O)O[C@@H]2[C@@H](O)[C@@H]1O)[C@H](O)[C@H]3O. The molecule has 2 fully saturated rings. The lowest BCUT2D eigenvalue weighted by molar-refractivity contribution is -0.380. The summed E-state index contributed by atoms with van der Waals surface area (Å²) in [5.41, 5.74) is 0. The van der Waals surface area contributed by atoms with E-state index in [1.165, 1.54) is 6.92 Å². The molecule has 0 radical (unpaired) electrons. The van der Waals surface area contributed by atoms with Crippen molar-refractivity contribution in [2.75, 3.05) is 13.2 Å². The molecule has 4 rings (SSSR count). The number of ether oxygens (including phenoxy) is 7. The van der Waals surface area contributed by atoms with E-state index in [4.69, 9.17) is 33.2 Å². The van der Waals surface area contributed by atoms with E-state index in [2.05, 4.69) is 12.2 Å². The van der Waals surface area contributed by atoms with Crippen LogP contribution in [0.3, 0.4) is 0 Å². The predicted molar refractivity (Wildman–Crippen MR) is 169 cm³/mol. The van der Waals surface area contributed by atoms with Gasteiger partial charge in [-0.15, -0.1) is 0 Å². The largest absolute Gasteiger partial charge is 0.463 e. The monoisotopic (exact) mass is 688 g/mol. The smallest absolute Gasteiger partial charge is 0.306 e. The molecule has 0 aliphatic carbocycles. The van der Waals surface area contributed by atoms with Gasteiger partial charge < -0.3 is 53.6 Å². The van der Waals surface area contributed by atoms with Gasteiger partial charge in [0.15, 0.2) is 12.4 Å². The van der Waals surface area contributed by atoms with Crippen molar-refractivity contribution in [3.05, 3.63) is 12.2 Å². The molecule has 4 aliphatic heterocycles. The number of aliphatic hydroxyl groups excluding tert-OH is 4. The Morgan fingerprint density at radius 3 is 1.85 bits per heavy atom. The molecule has 0 saturated carbocycles. The summed E-state index contributed by atoms with van der Waals surface area (Å²) in [6.45, 7) is 3.45. The van der Waals surface area contributed by atoms with Crippen LogP contribution < -0.4 is 0 Å². The van der Waals surface area contributed by atoms with Crippen molar-refractivity contribution in [2.45, 2.75) is 172 Å². The quantitative estimate of drug-likeness (QED) is 0.191. The van der Waals surface area contributed by atoms with Crippen LogP contribution in [0.15, 0.2) is 12.2 Å². The van der Waals surface area contributed by atoms with E-state index in [0.29, 0.717) is 12.8 Å². The van der Waals surface area contributed by atoms with E-state index in [0.717, 1.165) is 71.1 Å². The molecule has 0 amide bonds. The van der Waals surface area contributed by atoms with Crippen LogP contribution in [-0.2, 0) is 47.5 Å². The lowest BCUT2D eigenvalue weighted by Crippen LogP contribution is -2.65. The fraction of sp³-hybridized carbons (Fsp3) is 0.853. The Morgan fingerprint density at radius 1 is 0.667 bits per heavy atom. The van der Waals surface area contributed by atoms with Gasteiger partial charge >= 0.3 is 17.9 Å². The van der Waals surface area contributed by atoms with E-state index in [1.807, 2.05) is 6.92 Å². The molecule has 0 spiro atoms. The molecule has 2 saturated heterocycles. The van der Waals surface area contributed by atoms with Crippen LogP contribution in [0.25, 0.3) is 0 Å². The number of carbonyl (C=O) groups excluding carboxylic acids is 3. The normalized spacial score (nSPS) is 37.8. The minimum Gasteiger partial charge on any atom is -0.463 e. The second-order valence-electron chi connectivity index (χ2n) is 12.9. The summed E-state index contributed by atoms with van der Waals surface area (Å²) < 4.78 is 39.5. The fourth-order valence-electron chi connectivity index (χ4n) is 6.02. The van der Waals surface area contributed by atoms with Crippen molar-refractivity contribution >= 4 is 17.9 Å². The first-order valence-corrected chi connectivity index (χ1v) is 17.4. The van der Waals surface area contributed by atoms with E-state index in [-0.39, 0.29) is 19.1 Å². The van der Waals surface area contributed by atoms with Crippen molar-refractivity contribution in [3.8, 4) is 0 Å². The second kappa shape index (κ2) is 21.1. The van der Waals surface area contributed by atoms with Crippen molar-refractivity contribution < 1.29 is 68.0 Å². The predicted octanol–water partition coefficient (Wildman–Crippen LogP) is 2.35. The molecule has 276 valence electrons. The van der Waals surface area contributed by atoms with Gasteiger partial charge in [-0.3, -0.25) is 14.4 Å². The Kier molecular flexibility index (Phi) is 17.7. The Balaban J connectivity index is 1.81. The zero-order chi connectivity index (χ0) is 35.1. The number of carbonyl (C=O) groups is 3. The summed E-state index contributed by atoms with van der Waals surface area (Å²) in [7, 11) is 0. The van der Waals surface area contributed by atoms with Crippen LogP contribution in [0.2, 0.25) is 0 Å². The molecule has 14 nitrogen and oxygen atoms in total. The van der Waals surface area contributed by atoms with Crippen LogP contribution >= 0.6 is 0 Å². The van der Waals surface area contributed by atoms with Gasteiger partial charge in [-0.1, -0.05) is 50.7 Å². The number of esters is 3. The van der Waals surface area contributed by atoms with Crippen LogP contribution in [-0.4, -0.2) is 119 Å². The first-order chi connectivity index (χ1) is 23.0. The Morgan fingerprint density at radius 2 is 1.21 bits per heavy atom. The zero-order valence-electron chi connectivity index (χ0n) is 28.5. The first kappa shape index (κ1) is 40.3. The van der Waals surface area contributed by atoms with Gasteiger partial charge in [0, 0.05) is 20.3 Å². The highest BCUT2D eigenvalue weighted by Gasteiger charge is 2.52. The molecule has 2 bridgehead atoms. The summed E-state index contributed by atoms with van der Waals surface area (Å²) in [6.07, 6.45) is 0.524. The van der Waals surface area contributed by atoms with Gasteiger partial charge in [0.1, 0.15) is 55.9 Å². The van der Waals surface area contributed by atoms with E-state index in [9.17, 15) is 34.8 Å². The van der Waals surface area contributed by atoms with Gasteiger partial charge in [0.25, 0.3) is 0 Å².